The molecule has 0 unspecified atom stereocenters. The van der Waals surface area contributed by atoms with Crippen molar-refractivity contribution in [2.45, 2.75) is 38.8 Å². The van der Waals surface area contributed by atoms with Crippen molar-refractivity contribution in [1.82, 2.24) is 19.8 Å². The fraction of sp³-hybridized carbons (Fsp3) is 0.462. The molecule has 33 heavy (non-hydrogen) atoms. The van der Waals surface area contributed by atoms with Crippen LogP contribution in [0.3, 0.4) is 0 Å². The second-order valence-corrected chi connectivity index (χ2v) is 8.81. The Balaban J connectivity index is 1.25. The summed E-state index contributed by atoms with van der Waals surface area (Å²) in [6.45, 7) is 3.41. The Morgan fingerprint density at radius 3 is 2.82 bits per heavy atom. The van der Waals surface area contributed by atoms with Crippen molar-refractivity contribution in [2.75, 3.05) is 27.3 Å². The van der Waals surface area contributed by atoms with Crippen LogP contribution in [-0.2, 0) is 24.9 Å². The van der Waals surface area contributed by atoms with E-state index in [9.17, 15) is 4.79 Å². The monoisotopic (exact) mass is 450 g/mol. The lowest BCUT2D eigenvalue weighted by atomic mass is 9.93. The zero-order valence-electron chi connectivity index (χ0n) is 19.8. The van der Waals surface area contributed by atoms with Gasteiger partial charge in [0, 0.05) is 38.2 Å². The summed E-state index contributed by atoms with van der Waals surface area (Å²) in [5.74, 6) is 3.18. The molecule has 0 spiro atoms. The zero-order valence-corrected chi connectivity index (χ0v) is 19.8. The Morgan fingerprint density at radius 1 is 1.18 bits per heavy atom. The molecule has 1 fully saturated rings. The molecule has 176 valence electrons. The van der Waals surface area contributed by atoms with Crippen LogP contribution in [0, 0.1) is 5.92 Å². The predicted octanol–water partition coefficient (Wildman–Crippen LogP) is 3.90. The smallest absolute Gasteiger partial charge is 0.220 e. The molecule has 1 N–H and O–H groups in total. The normalized spacial score (nSPS) is 16.6. The summed E-state index contributed by atoms with van der Waals surface area (Å²) in [4.78, 5) is 19.8. The molecule has 7 nitrogen and oxygen atoms in total. The van der Waals surface area contributed by atoms with E-state index in [0.29, 0.717) is 18.9 Å². The Morgan fingerprint density at radius 2 is 2.03 bits per heavy atom. The number of hydrogen-bond acceptors (Lipinski definition) is 5. The number of hydrogen-bond donors (Lipinski definition) is 1. The molecule has 7 heteroatoms. The van der Waals surface area contributed by atoms with Gasteiger partial charge < -0.3 is 19.4 Å². The molecule has 1 aliphatic heterocycles. The highest BCUT2D eigenvalue weighted by atomic mass is 16.5. The van der Waals surface area contributed by atoms with Crippen LogP contribution in [0.1, 0.15) is 37.1 Å². The van der Waals surface area contributed by atoms with Crippen LogP contribution in [0.25, 0.3) is 11.0 Å². The van der Waals surface area contributed by atoms with Gasteiger partial charge in [0.05, 0.1) is 31.8 Å². The summed E-state index contributed by atoms with van der Waals surface area (Å²) < 4.78 is 12.8. The summed E-state index contributed by atoms with van der Waals surface area (Å²) in [6.07, 6.45) is 3.80. The van der Waals surface area contributed by atoms with Crippen molar-refractivity contribution in [3.8, 4) is 11.5 Å². The Labute approximate surface area is 195 Å². The number of methoxy groups -OCH3 is 2. The van der Waals surface area contributed by atoms with E-state index in [0.717, 1.165) is 54.5 Å². The molecule has 1 amide bonds. The molecule has 1 atom stereocenters. The molecule has 2 heterocycles. The summed E-state index contributed by atoms with van der Waals surface area (Å²) in [5.41, 5.74) is 3.16. The van der Waals surface area contributed by atoms with E-state index in [1.807, 2.05) is 24.3 Å². The van der Waals surface area contributed by atoms with E-state index in [2.05, 4.69) is 40.0 Å². The van der Waals surface area contributed by atoms with Crippen LogP contribution < -0.4 is 14.8 Å². The third kappa shape index (κ3) is 5.66. The van der Waals surface area contributed by atoms with Gasteiger partial charge in [-0.15, -0.1) is 0 Å². The fourth-order valence-electron chi connectivity index (χ4n) is 4.68. The van der Waals surface area contributed by atoms with Gasteiger partial charge in [-0.05, 0) is 56.0 Å². The average Bonchev–Trinajstić information content (AvgIpc) is 3.16. The van der Waals surface area contributed by atoms with Crippen molar-refractivity contribution in [3.05, 3.63) is 53.9 Å². The second-order valence-electron chi connectivity index (χ2n) is 8.81. The zero-order chi connectivity index (χ0) is 23.2. The van der Waals surface area contributed by atoms with Crippen molar-refractivity contribution in [3.63, 3.8) is 0 Å². The maximum atomic E-state index is 12.5. The van der Waals surface area contributed by atoms with E-state index >= 15 is 0 Å². The van der Waals surface area contributed by atoms with E-state index in [-0.39, 0.29) is 5.91 Å². The Hall–Kier alpha value is -3.06. The first-order valence-electron chi connectivity index (χ1n) is 11.7. The molecular formula is C26H34N4O3. The molecule has 1 aromatic heterocycles. The number of para-hydroxylation sites is 2. The molecule has 3 aromatic rings. The number of nitrogens with zero attached hydrogens (tertiary/aromatic N) is 3. The third-order valence-electron chi connectivity index (χ3n) is 6.60. The number of nitrogens with one attached hydrogen (secondary N) is 1. The van der Waals surface area contributed by atoms with Crippen molar-refractivity contribution < 1.29 is 14.3 Å². The minimum Gasteiger partial charge on any atom is -0.497 e. The maximum absolute atomic E-state index is 12.5. The lowest BCUT2D eigenvalue weighted by molar-refractivity contribution is -0.121. The number of carbonyl (C=O) groups is 1. The van der Waals surface area contributed by atoms with Crippen molar-refractivity contribution in [2.24, 2.45) is 13.0 Å². The Bertz CT molecular complexity index is 1090. The van der Waals surface area contributed by atoms with Crippen LogP contribution in [0.15, 0.2) is 42.5 Å². The lowest BCUT2D eigenvalue weighted by Crippen LogP contribution is -2.36. The topological polar surface area (TPSA) is 68.6 Å². The van der Waals surface area contributed by atoms with Gasteiger partial charge in [0.25, 0.3) is 0 Å². The number of aryl methyl sites for hydroxylation is 1. The standard InChI is InChI=1S/C26H34N4O3/c1-29-23-9-5-4-8-22(23)28-25(29)18-30-14-6-7-19(17-30)10-13-26(31)27-16-20-11-12-21(32-2)15-24(20)33-3/h4-5,8-9,11-12,15,19H,6-7,10,13-14,16-18H2,1-3H3,(H,27,31)/t19-/m1/s1. The molecule has 4 rings (SSSR count). The molecule has 0 aliphatic carbocycles. The van der Waals surface area contributed by atoms with E-state index < -0.39 is 0 Å². The SMILES string of the molecule is COc1ccc(CNC(=O)CC[C@H]2CCCN(Cc3nc4ccccc4n3C)C2)c(OC)c1. The highest BCUT2D eigenvalue weighted by Gasteiger charge is 2.22. The summed E-state index contributed by atoms with van der Waals surface area (Å²) in [5, 5.41) is 3.04. The minimum absolute atomic E-state index is 0.0837. The number of likely N-dealkylation sites (tertiary alicyclic amines) is 1. The van der Waals surface area contributed by atoms with Crippen LogP contribution in [0.5, 0.6) is 11.5 Å². The fourth-order valence-corrected chi connectivity index (χ4v) is 4.68. The van der Waals surface area contributed by atoms with Gasteiger partial charge in [0.1, 0.15) is 17.3 Å². The number of carbonyl (C=O) groups excluding carboxylic acids is 1. The van der Waals surface area contributed by atoms with Gasteiger partial charge in [-0.2, -0.15) is 0 Å². The number of amides is 1. The molecule has 0 saturated carbocycles. The molecule has 1 aliphatic rings. The van der Waals surface area contributed by atoms with Crippen molar-refractivity contribution in [1.29, 1.82) is 0 Å². The largest absolute Gasteiger partial charge is 0.497 e. The number of piperidine rings is 1. The van der Waals surface area contributed by atoms with Gasteiger partial charge in [-0.1, -0.05) is 12.1 Å². The van der Waals surface area contributed by atoms with Crippen LogP contribution >= 0.6 is 0 Å². The molecule has 0 bridgehead atoms. The number of fused-ring (bicyclic) bond motifs is 1. The highest BCUT2D eigenvalue weighted by molar-refractivity contribution is 5.76. The van der Waals surface area contributed by atoms with E-state index in [1.165, 1.54) is 18.4 Å². The van der Waals surface area contributed by atoms with Gasteiger partial charge in [0.2, 0.25) is 5.91 Å². The third-order valence-corrected chi connectivity index (χ3v) is 6.60. The first-order chi connectivity index (χ1) is 16.1. The highest BCUT2D eigenvalue weighted by Crippen LogP contribution is 2.25. The number of rotatable bonds is 9. The summed E-state index contributed by atoms with van der Waals surface area (Å²) in [7, 11) is 5.35. The number of aromatic nitrogens is 2. The quantitative estimate of drug-likeness (QED) is 0.536. The van der Waals surface area contributed by atoms with Gasteiger partial charge >= 0.3 is 0 Å². The van der Waals surface area contributed by atoms with E-state index in [4.69, 9.17) is 14.5 Å². The second kappa shape index (κ2) is 10.7. The molecule has 1 saturated heterocycles. The molecule has 2 aromatic carbocycles. The minimum atomic E-state index is 0.0837. The number of ether oxygens (including phenoxy) is 2. The van der Waals surface area contributed by atoms with Gasteiger partial charge in [-0.25, -0.2) is 4.98 Å². The van der Waals surface area contributed by atoms with Crippen molar-refractivity contribution >= 4 is 16.9 Å². The average molecular weight is 451 g/mol. The molecule has 0 radical (unpaired) electrons. The summed E-state index contributed by atoms with van der Waals surface area (Å²) in [6, 6.07) is 13.9. The van der Waals surface area contributed by atoms with Gasteiger partial charge in [-0.3, -0.25) is 9.69 Å². The van der Waals surface area contributed by atoms with Crippen LogP contribution in [0.4, 0.5) is 0 Å². The van der Waals surface area contributed by atoms with Gasteiger partial charge in [0.15, 0.2) is 0 Å². The predicted molar refractivity (Wildman–Crippen MR) is 129 cm³/mol. The summed E-state index contributed by atoms with van der Waals surface area (Å²) >= 11 is 0. The maximum Gasteiger partial charge on any atom is 0.220 e. The first-order valence-corrected chi connectivity index (χ1v) is 11.7. The van der Waals surface area contributed by atoms with Crippen LogP contribution in [0.2, 0.25) is 0 Å². The number of imidazole rings is 1. The lowest BCUT2D eigenvalue weighted by Gasteiger charge is -2.32. The van der Waals surface area contributed by atoms with E-state index in [1.54, 1.807) is 14.2 Å². The Kier molecular flexibility index (Phi) is 7.50. The van der Waals surface area contributed by atoms with Crippen LogP contribution in [-0.4, -0.2) is 47.7 Å². The first kappa shape index (κ1) is 23.1. The molecular weight excluding hydrogens is 416 g/mol. The number of benzene rings is 2.